The molecule has 1 aliphatic carbocycles. The number of hydrogen-bond donors (Lipinski definition) is 2. The molecule has 31 heavy (non-hydrogen) atoms. The molecule has 2 saturated heterocycles. The van der Waals surface area contributed by atoms with Crippen molar-refractivity contribution in [3.8, 4) is 0 Å². The van der Waals surface area contributed by atoms with Gasteiger partial charge in [-0.15, -0.1) is 0 Å². The third-order valence-corrected chi connectivity index (χ3v) is 8.52. The van der Waals surface area contributed by atoms with E-state index in [1.807, 2.05) is 0 Å². The molecular formula is C20H25ClN4O5S. The highest BCUT2D eigenvalue weighted by Crippen LogP contribution is 2.42. The summed E-state index contributed by atoms with van der Waals surface area (Å²) >= 11 is 6.15. The lowest BCUT2D eigenvalue weighted by Crippen LogP contribution is -2.46. The van der Waals surface area contributed by atoms with Crippen LogP contribution in [0.5, 0.6) is 0 Å². The van der Waals surface area contributed by atoms with Crippen LogP contribution in [0.3, 0.4) is 0 Å². The molecule has 2 N–H and O–H groups in total. The van der Waals surface area contributed by atoms with Crippen LogP contribution in [0.2, 0.25) is 5.02 Å². The van der Waals surface area contributed by atoms with Crippen LogP contribution in [0.1, 0.15) is 39.0 Å². The van der Waals surface area contributed by atoms with Crippen LogP contribution in [0.4, 0.5) is 10.5 Å². The van der Waals surface area contributed by atoms with Crippen molar-refractivity contribution in [1.29, 1.82) is 0 Å². The fourth-order valence-corrected chi connectivity index (χ4v) is 6.18. The summed E-state index contributed by atoms with van der Waals surface area (Å²) in [5.41, 5.74) is -0.741. The Morgan fingerprint density at radius 3 is 2.55 bits per heavy atom. The lowest BCUT2D eigenvalue weighted by molar-refractivity contribution is -0.134. The molecule has 3 aliphatic rings. The first-order valence-electron chi connectivity index (χ1n) is 10.4. The molecule has 1 aromatic rings. The van der Waals surface area contributed by atoms with Crippen molar-refractivity contribution < 1.29 is 22.8 Å². The average Bonchev–Trinajstić information content (AvgIpc) is 3.56. The summed E-state index contributed by atoms with van der Waals surface area (Å²) in [6.45, 7) is 2.09. The van der Waals surface area contributed by atoms with Crippen molar-refractivity contribution in [2.45, 2.75) is 49.5 Å². The Hall–Kier alpha value is -2.17. The van der Waals surface area contributed by atoms with Gasteiger partial charge in [0.15, 0.2) is 0 Å². The first-order valence-corrected chi connectivity index (χ1v) is 12.2. The van der Waals surface area contributed by atoms with Crippen molar-refractivity contribution in [3.05, 3.63) is 23.2 Å². The van der Waals surface area contributed by atoms with Gasteiger partial charge in [0.25, 0.3) is 5.91 Å². The third-order valence-electron chi connectivity index (χ3n) is 6.14. The van der Waals surface area contributed by atoms with E-state index in [1.165, 1.54) is 22.5 Å². The highest BCUT2D eigenvalue weighted by atomic mass is 35.5. The van der Waals surface area contributed by atoms with E-state index in [9.17, 15) is 22.8 Å². The Morgan fingerprint density at radius 2 is 1.90 bits per heavy atom. The number of benzene rings is 1. The fraction of sp³-hybridized carbons (Fsp3) is 0.550. The number of imide groups is 1. The van der Waals surface area contributed by atoms with E-state index in [4.69, 9.17) is 11.6 Å². The molecule has 0 aromatic heterocycles. The van der Waals surface area contributed by atoms with E-state index >= 15 is 0 Å². The van der Waals surface area contributed by atoms with Gasteiger partial charge in [-0.2, -0.15) is 4.31 Å². The van der Waals surface area contributed by atoms with Gasteiger partial charge in [-0.3, -0.25) is 14.5 Å². The van der Waals surface area contributed by atoms with E-state index < -0.39 is 40.0 Å². The van der Waals surface area contributed by atoms with Gasteiger partial charge in [-0.05, 0) is 56.7 Å². The van der Waals surface area contributed by atoms with Gasteiger partial charge in [0, 0.05) is 18.8 Å². The summed E-state index contributed by atoms with van der Waals surface area (Å²) in [7, 11) is -3.79. The van der Waals surface area contributed by atoms with E-state index in [-0.39, 0.29) is 21.5 Å². The molecule has 0 spiro atoms. The fourth-order valence-electron chi connectivity index (χ4n) is 4.16. The van der Waals surface area contributed by atoms with E-state index in [0.717, 1.165) is 37.0 Å². The Labute approximate surface area is 186 Å². The van der Waals surface area contributed by atoms with Crippen LogP contribution >= 0.6 is 11.6 Å². The van der Waals surface area contributed by atoms with Crippen LogP contribution in [-0.2, 0) is 19.6 Å². The van der Waals surface area contributed by atoms with Crippen molar-refractivity contribution in [2.24, 2.45) is 5.92 Å². The number of rotatable bonds is 6. The highest BCUT2D eigenvalue weighted by molar-refractivity contribution is 7.89. The van der Waals surface area contributed by atoms with Gasteiger partial charge < -0.3 is 10.6 Å². The number of anilines is 1. The zero-order valence-corrected chi connectivity index (χ0v) is 18.8. The lowest BCUT2D eigenvalue weighted by Gasteiger charge is -2.26. The molecular weight excluding hydrogens is 444 g/mol. The summed E-state index contributed by atoms with van der Waals surface area (Å²) in [5.74, 6) is -0.928. The quantitative estimate of drug-likeness (QED) is 0.621. The normalized spacial score (nSPS) is 24.9. The van der Waals surface area contributed by atoms with Gasteiger partial charge >= 0.3 is 6.03 Å². The van der Waals surface area contributed by atoms with Crippen LogP contribution in [0.15, 0.2) is 23.1 Å². The van der Waals surface area contributed by atoms with Gasteiger partial charge in [0.1, 0.15) is 17.0 Å². The number of hydrogen-bond acceptors (Lipinski definition) is 5. The minimum atomic E-state index is -3.79. The van der Waals surface area contributed by atoms with E-state index in [2.05, 4.69) is 10.6 Å². The van der Waals surface area contributed by atoms with Crippen molar-refractivity contribution in [3.63, 3.8) is 0 Å². The zero-order valence-electron chi connectivity index (χ0n) is 17.2. The van der Waals surface area contributed by atoms with Crippen LogP contribution in [0, 0.1) is 5.92 Å². The molecule has 4 rings (SSSR count). The molecule has 0 radical (unpaired) electrons. The molecule has 11 heteroatoms. The maximum Gasteiger partial charge on any atom is 0.325 e. The second-order valence-electron chi connectivity index (χ2n) is 8.46. The molecule has 3 fully saturated rings. The molecule has 9 nitrogen and oxygen atoms in total. The van der Waals surface area contributed by atoms with Gasteiger partial charge in [0.2, 0.25) is 15.9 Å². The standard InChI is InChI=1S/C20H25ClN4O5S/c1-20(13-5-6-13)18(27)25(19(28)23-20)12-17(26)22-14-7-8-15(21)16(11-14)31(29,30)24-9-3-2-4-10-24/h7-8,11,13H,2-6,9-10,12H2,1H3,(H,22,26)(H,23,28)/t20-/m0/s1. The van der Waals surface area contributed by atoms with Gasteiger partial charge in [-0.1, -0.05) is 18.0 Å². The number of amides is 4. The molecule has 0 bridgehead atoms. The smallest absolute Gasteiger partial charge is 0.324 e. The summed E-state index contributed by atoms with van der Waals surface area (Å²) in [5, 5.41) is 5.33. The van der Waals surface area contributed by atoms with Gasteiger partial charge in [-0.25, -0.2) is 13.2 Å². The summed E-state index contributed by atoms with van der Waals surface area (Å²) in [6.07, 6.45) is 4.29. The molecule has 1 saturated carbocycles. The SMILES string of the molecule is C[C@@]1(C2CC2)NC(=O)N(CC(=O)Nc2ccc(Cl)c(S(=O)(=O)N3CCCCC3)c2)C1=O. The number of carbonyl (C=O) groups is 3. The number of nitrogens with one attached hydrogen (secondary N) is 2. The minimum absolute atomic E-state index is 0.0675. The van der Waals surface area contributed by atoms with Crippen LogP contribution < -0.4 is 10.6 Å². The second kappa shape index (κ2) is 8.07. The molecule has 1 atom stereocenters. The first-order chi connectivity index (χ1) is 14.6. The lowest BCUT2D eigenvalue weighted by atomic mass is 9.96. The molecule has 1 aromatic carbocycles. The van der Waals surface area contributed by atoms with Crippen LogP contribution in [-0.4, -0.2) is 60.6 Å². The van der Waals surface area contributed by atoms with E-state index in [0.29, 0.717) is 13.1 Å². The number of piperidine rings is 1. The number of sulfonamides is 1. The topological polar surface area (TPSA) is 116 Å². The van der Waals surface area contributed by atoms with E-state index in [1.54, 1.807) is 6.92 Å². The Bertz CT molecular complexity index is 1040. The number of nitrogens with zero attached hydrogens (tertiary/aromatic N) is 2. The number of urea groups is 1. The maximum atomic E-state index is 13.0. The zero-order chi connectivity index (χ0) is 22.4. The first kappa shape index (κ1) is 22.0. The molecule has 168 valence electrons. The minimum Gasteiger partial charge on any atom is -0.324 e. The Kier molecular flexibility index (Phi) is 5.74. The third kappa shape index (κ3) is 4.16. The average molecular weight is 469 g/mol. The highest BCUT2D eigenvalue weighted by Gasteiger charge is 2.56. The summed E-state index contributed by atoms with van der Waals surface area (Å²) in [6, 6.07) is 3.60. The Morgan fingerprint density at radius 1 is 1.23 bits per heavy atom. The molecule has 0 unspecified atom stereocenters. The molecule has 2 aliphatic heterocycles. The van der Waals surface area contributed by atoms with Crippen LogP contribution in [0.25, 0.3) is 0 Å². The van der Waals surface area contributed by atoms with Crippen molar-refractivity contribution in [1.82, 2.24) is 14.5 Å². The number of halogens is 1. The summed E-state index contributed by atoms with van der Waals surface area (Å²) in [4.78, 5) is 38.3. The molecule has 2 heterocycles. The second-order valence-corrected chi connectivity index (χ2v) is 10.8. The predicted molar refractivity (Wildman–Crippen MR) is 114 cm³/mol. The predicted octanol–water partition coefficient (Wildman–Crippen LogP) is 2.17. The summed E-state index contributed by atoms with van der Waals surface area (Å²) < 4.78 is 27.3. The number of carbonyl (C=O) groups excluding carboxylic acids is 3. The molecule has 4 amide bonds. The van der Waals surface area contributed by atoms with Crippen molar-refractivity contribution >= 4 is 45.2 Å². The Balaban J connectivity index is 1.47. The monoisotopic (exact) mass is 468 g/mol. The van der Waals surface area contributed by atoms with Crippen molar-refractivity contribution in [2.75, 3.05) is 25.0 Å². The maximum absolute atomic E-state index is 13.0. The largest absolute Gasteiger partial charge is 0.325 e. The van der Waals surface area contributed by atoms with Gasteiger partial charge in [0.05, 0.1) is 5.02 Å².